The number of hydrogen-bond acceptors (Lipinski definition) is 4. The van der Waals surface area contributed by atoms with Crippen LogP contribution in [0.25, 0.3) is 0 Å². The van der Waals surface area contributed by atoms with Gasteiger partial charge >= 0.3 is 0 Å². The number of nitrogens with one attached hydrogen (secondary N) is 1. The van der Waals surface area contributed by atoms with E-state index in [-0.39, 0.29) is 17.1 Å². The van der Waals surface area contributed by atoms with E-state index in [1.807, 2.05) is 13.8 Å². The van der Waals surface area contributed by atoms with Gasteiger partial charge in [-0.05, 0) is 55.5 Å². The molecule has 6 heteroatoms. The van der Waals surface area contributed by atoms with E-state index in [1.165, 1.54) is 17.5 Å². The van der Waals surface area contributed by atoms with Crippen molar-refractivity contribution < 1.29 is 0 Å². The Morgan fingerprint density at radius 3 is 2.74 bits per heavy atom. The minimum Gasteiger partial charge on any atom is -0.376 e. The molecular weight excluding hydrogens is 308 g/mol. The smallest absolute Gasteiger partial charge is 0.283 e. The molecule has 1 unspecified atom stereocenters. The minimum absolute atomic E-state index is 0.0437. The monoisotopic (exact) mass is 328 g/mol. The zero-order valence-corrected chi connectivity index (χ0v) is 13.2. The normalized spacial score (nSPS) is 18.4. The average Bonchev–Trinajstić information content (AvgIpc) is 3.19. The van der Waals surface area contributed by atoms with Crippen molar-refractivity contribution in [2.24, 2.45) is 11.7 Å². The highest BCUT2D eigenvalue weighted by molar-refractivity contribution is 9.10. The minimum atomic E-state index is -0.166. The molecule has 1 fully saturated rings. The van der Waals surface area contributed by atoms with Crippen molar-refractivity contribution in [3.8, 4) is 0 Å². The van der Waals surface area contributed by atoms with Gasteiger partial charge in [-0.3, -0.25) is 4.79 Å². The summed E-state index contributed by atoms with van der Waals surface area (Å²) in [5.74, 6) is 0.580. The van der Waals surface area contributed by atoms with E-state index in [1.54, 1.807) is 6.20 Å². The van der Waals surface area contributed by atoms with E-state index in [0.29, 0.717) is 16.9 Å². The molecule has 5 nitrogen and oxygen atoms in total. The molecule has 0 aliphatic heterocycles. The fourth-order valence-corrected chi connectivity index (χ4v) is 2.63. The Hall–Kier alpha value is -0.880. The van der Waals surface area contributed by atoms with E-state index in [4.69, 9.17) is 5.73 Å². The van der Waals surface area contributed by atoms with E-state index < -0.39 is 0 Å². The van der Waals surface area contributed by atoms with Gasteiger partial charge in [0.05, 0.1) is 17.9 Å². The fourth-order valence-electron chi connectivity index (χ4n) is 2.25. The molecule has 1 atom stereocenters. The summed E-state index contributed by atoms with van der Waals surface area (Å²) in [4.78, 5) is 12.2. The molecule has 106 valence electrons. The Morgan fingerprint density at radius 2 is 2.26 bits per heavy atom. The van der Waals surface area contributed by atoms with E-state index in [9.17, 15) is 4.79 Å². The van der Waals surface area contributed by atoms with Crippen molar-refractivity contribution in [2.75, 3.05) is 11.9 Å². The van der Waals surface area contributed by atoms with E-state index >= 15 is 0 Å². The van der Waals surface area contributed by atoms with Crippen LogP contribution < -0.4 is 16.6 Å². The van der Waals surface area contributed by atoms with Crippen LogP contribution in [-0.4, -0.2) is 21.9 Å². The van der Waals surface area contributed by atoms with Gasteiger partial charge in [-0.1, -0.05) is 0 Å². The maximum absolute atomic E-state index is 12.2. The largest absolute Gasteiger partial charge is 0.376 e. The summed E-state index contributed by atoms with van der Waals surface area (Å²) in [7, 11) is 0. The second kappa shape index (κ2) is 5.25. The van der Waals surface area contributed by atoms with Crippen LogP contribution >= 0.6 is 15.9 Å². The lowest BCUT2D eigenvalue weighted by molar-refractivity contribution is 0.456. The Morgan fingerprint density at radius 1 is 1.63 bits per heavy atom. The molecule has 1 aromatic rings. The molecular formula is C13H21BrN4O. The molecule has 0 spiro atoms. The summed E-state index contributed by atoms with van der Waals surface area (Å²) < 4.78 is 1.99. The zero-order valence-electron chi connectivity index (χ0n) is 11.6. The summed E-state index contributed by atoms with van der Waals surface area (Å²) in [6.45, 7) is 6.51. The lowest BCUT2D eigenvalue weighted by Crippen LogP contribution is -2.45. The van der Waals surface area contributed by atoms with Gasteiger partial charge in [0.1, 0.15) is 4.47 Å². The first kappa shape index (κ1) is 14.5. The highest BCUT2D eigenvalue weighted by Gasteiger charge is 2.40. The molecule has 1 aromatic heterocycles. The first-order valence-corrected chi connectivity index (χ1v) is 7.44. The summed E-state index contributed by atoms with van der Waals surface area (Å²) in [5.41, 5.74) is 6.32. The summed E-state index contributed by atoms with van der Waals surface area (Å²) in [5, 5.41) is 7.60. The van der Waals surface area contributed by atoms with Crippen LogP contribution in [-0.2, 0) is 0 Å². The third-order valence-electron chi connectivity index (χ3n) is 3.76. The predicted molar refractivity (Wildman–Crippen MR) is 80.4 cm³/mol. The van der Waals surface area contributed by atoms with Gasteiger partial charge in [0.25, 0.3) is 5.56 Å². The van der Waals surface area contributed by atoms with Crippen molar-refractivity contribution >= 4 is 21.6 Å². The van der Waals surface area contributed by atoms with Crippen molar-refractivity contribution in [2.45, 2.75) is 45.2 Å². The van der Waals surface area contributed by atoms with Crippen LogP contribution in [0.15, 0.2) is 15.5 Å². The van der Waals surface area contributed by atoms with Crippen LogP contribution in [0.2, 0.25) is 0 Å². The number of anilines is 1. The fraction of sp³-hybridized carbons (Fsp3) is 0.692. The van der Waals surface area contributed by atoms with Gasteiger partial charge in [-0.2, -0.15) is 5.10 Å². The topological polar surface area (TPSA) is 72.9 Å². The third-order valence-corrected chi connectivity index (χ3v) is 4.52. The number of hydrogen-bond donors (Lipinski definition) is 2. The molecule has 19 heavy (non-hydrogen) atoms. The second-order valence-electron chi connectivity index (χ2n) is 5.74. The SMILES string of the molecule is CC(C)n1ncc(NC(C)(CN)C2CC2)c(Br)c1=O. The highest BCUT2D eigenvalue weighted by Crippen LogP contribution is 2.41. The van der Waals surface area contributed by atoms with Crippen LogP contribution in [0.1, 0.15) is 39.7 Å². The molecule has 1 heterocycles. The molecule has 1 saturated carbocycles. The van der Waals surface area contributed by atoms with Gasteiger partial charge in [0.15, 0.2) is 0 Å². The van der Waals surface area contributed by atoms with Crippen LogP contribution in [0.4, 0.5) is 5.69 Å². The maximum Gasteiger partial charge on any atom is 0.283 e. The molecule has 1 aliphatic carbocycles. The Kier molecular flexibility index (Phi) is 4.01. The summed E-state index contributed by atoms with van der Waals surface area (Å²) in [6, 6.07) is 0.0437. The molecule has 0 aromatic carbocycles. The number of rotatable bonds is 5. The molecule has 0 bridgehead atoms. The van der Waals surface area contributed by atoms with Crippen LogP contribution in [0.3, 0.4) is 0 Å². The molecule has 0 saturated heterocycles. The van der Waals surface area contributed by atoms with E-state index in [0.717, 1.165) is 5.69 Å². The van der Waals surface area contributed by atoms with Gasteiger partial charge < -0.3 is 11.1 Å². The van der Waals surface area contributed by atoms with E-state index in [2.05, 4.69) is 33.3 Å². The number of aromatic nitrogens is 2. The van der Waals surface area contributed by atoms with Crippen molar-refractivity contribution in [1.82, 2.24) is 9.78 Å². The Balaban J connectivity index is 2.31. The molecule has 3 N–H and O–H groups in total. The summed E-state index contributed by atoms with van der Waals surface area (Å²) in [6.07, 6.45) is 4.07. The van der Waals surface area contributed by atoms with Crippen molar-refractivity contribution in [3.05, 3.63) is 21.0 Å². The lowest BCUT2D eigenvalue weighted by Gasteiger charge is -2.31. The molecule has 0 radical (unpaired) electrons. The van der Waals surface area contributed by atoms with Crippen LogP contribution in [0.5, 0.6) is 0 Å². The predicted octanol–water partition coefficient (Wildman–Crippen LogP) is 2.13. The van der Waals surface area contributed by atoms with Gasteiger partial charge in [0.2, 0.25) is 0 Å². The number of halogens is 1. The van der Waals surface area contributed by atoms with Gasteiger partial charge in [-0.15, -0.1) is 0 Å². The summed E-state index contributed by atoms with van der Waals surface area (Å²) >= 11 is 3.37. The lowest BCUT2D eigenvalue weighted by atomic mass is 9.96. The first-order chi connectivity index (χ1) is 8.89. The average molecular weight is 329 g/mol. The molecule has 1 aliphatic rings. The number of nitrogens with zero attached hydrogens (tertiary/aromatic N) is 2. The Labute approximate surface area is 121 Å². The third kappa shape index (κ3) is 2.84. The highest BCUT2D eigenvalue weighted by atomic mass is 79.9. The quantitative estimate of drug-likeness (QED) is 0.868. The number of nitrogens with two attached hydrogens (primary N) is 1. The maximum atomic E-state index is 12.2. The zero-order chi connectivity index (χ0) is 14.2. The standard InChI is InChI=1S/C13H21BrN4O/c1-8(2)18-12(19)11(14)10(6-16-18)17-13(3,7-15)9-4-5-9/h6,8-9,17H,4-5,7,15H2,1-3H3. The van der Waals surface area contributed by atoms with Crippen molar-refractivity contribution in [3.63, 3.8) is 0 Å². The first-order valence-electron chi connectivity index (χ1n) is 6.64. The van der Waals surface area contributed by atoms with Gasteiger partial charge in [-0.25, -0.2) is 4.68 Å². The van der Waals surface area contributed by atoms with Gasteiger partial charge in [0, 0.05) is 12.1 Å². The second-order valence-corrected chi connectivity index (χ2v) is 6.53. The molecule has 2 rings (SSSR count). The Bertz CT molecular complexity index is 524. The van der Waals surface area contributed by atoms with Crippen molar-refractivity contribution in [1.29, 1.82) is 0 Å². The van der Waals surface area contributed by atoms with Crippen LogP contribution in [0, 0.1) is 5.92 Å². The molecule has 0 amide bonds.